The lowest BCUT2D eigenvalue weighted by Crippen LogP contribution is -2.44. The zero-order valence-electron chi connectivity index (χ0n) is 14.1. The third kappa shape index (κ3) is 2.47. The van der Waals surface area contributed by atoms with Crippen molar-refractivity contribution in [3.05, 3.63) is 36.3 Å². The fourth-order valence-corrected chi connectivity index (χ4v) is 3.80. The zero-order valence-corrected chi connectivity index (χ0v) is 14.1. The smallest absolute Gasteiger partial charge is 0.182 e. The molecular formula is C16H20N8O. The average Bonchev–Trinajstić information content (AvgIpc) is 3.37. The van der Waals surface area contributed by atoms with Gasteiger partial charge in [0.15, 0.2) is 11.6 Å². The minimum atomic E-state index is -0.185. The van der Waals surface area contributed by atoms with Crippen LogP contribution in [0.1, 0.15) is 18.1 Å². The van der Waals surface area contributed by atoms with E-state index in [1.54, 1.807) is 6.20 Å². The van der Waals surface area contributed by atoms with Gasteiger partial charge in [0.25, 0.3) is 0 Å². The lowest BCUT2D eigenvalue weighted by atomic mass is 10.0. The standard InChI is InChI=1S/C16H20N8O/c1-22-7-5-17-13(22)8-23-6-3-16(10-23)11-24-14(9-25-16)20-21-15(24)12-2-4-18-19-12/h2,4-5,7H,3,6,8-11H2,1H3,(H,18,19). The molecule has 2 aliphatic heterocycles. The van der Waals surface area contributed by atoms with Gasteiger partial charge < -0.3 is 13.9 Å². The Labute approximate surface area is 144 Å². The first-order valence-corrected chi connectivity index (χ1v) is 8.47. The molecule has 1 fully saturated rings. The highest BCUT2D eigenvalue weighted by Crippen LogP contribution is 2.34. The Balaban J connectivity index is 1.37. The number of nitrogens with zero attached hydrogens (tertiary/aromatic N) is 7. The molecule has 5 rings (SSSR count). The van der Waals surface area contributed by atoms with Crippen molar-refractivity contribution in [2.24, 2.45) is 7.05 Å². The Kier molecular flexibility index (Phi) is 3.25. The average molecular weight is 340 g/mol. The maximum absolute atomic E-state index is 6.25. The number of likely N-dealkylation sites (tertiary alicyclic amines) is 1. The van der Waals surface area contributed by atoms with Crippen LogP contribution in [0.4, 0.5) is 0 Å². The summed E-state index contributed by atoms with van der Waals surface area (Å²) in [7, 11) is 2.03. The summed E-state index contributed by atoms with van der Waals surface area (Å²) in [6.45, 7) is 4.00. The predicted molar refractivity (Wildman–Crippen MR) is 88.2 cm³/mol. The maximum Gasteiger partial charge on any atom is 0.182 e. The van der Waals surface area contributed by atoms with E-state index in [4.69, 9.17) is 4.74 Å². The van der Waals surface area contributed by atoms with Gasteiger partial charge in [-0.05, 0) is 12.5 Å². The molecule has 25 heavy (non-hydrogen) atoms. The molecule has 0 amide bonds. The van der Waals surface area contributed by atoms with Gasteiger partial charge in [0.05, 0.1) is 13.1 Å². The number of imidazole rings is 1. The monoisotopic (exact) mass is 340 g/mol. The van der Waals surface area contributed by atoms with Crippen LogP contribution in [0.15, 0.2) is 24.7 Å². The number of ether oxygens (including phenoxy) is 1. The SMILES string of the molecule is Cn1ccnc1CN1CCC2(C1)Cn1c(nnc1-c1ccn[nH]1)CO2. The Hall–Kier alpha value is -2.52. The Morgan fingerprint density at radius 2 is 2.24 bits per heavy atom. The molecule has 0 radical (unpaired) electrons. The van der Waals surface area contributed by atoms with Crippen LogP contribution in [0, 0.1) is 0 Å². The van der Waals surface area contributed by atoms with E-state index in [1.165, 1.54) is 0 Å². The first kappa shape index (κ1) is 14.8. The molecule has 3 aromatic rings. The molecule has 2 aliphatic rings. The molecule has 1 unspecified atom stereocenters. The first-order chi connectivity index (χ1) is 12.2. The van der Waals surface area contributed by atoms with Crippen LogP contribution in [0.5, 0.6) is 0 Å². The number of hydrogen-bond acceptors (Lipinski definition) is 6. The van der Waals surface area contributed by atoms with Crippen molar-refractivity contribution in [2.45, 2.75) is 31.7 Å². The van der Waals surface area contributed by atoms with E-state index >= 15 is 0 Å². The zero-order chi connectivity index (χ0) is 16.9. The summed E-state index contributed by atoms with van der Waals surface area (Å²) in [4.78, 5) is 6.84. The van der Waals surface area contributed by atoms with Crippen LogP contribution in [-0.4, -0.2) is 58.1 Å². The highest BCUT2D eigenvalue weighted by molar-refractivity contribution is 5.48. The molecule has 1 N–H and O–H groups in total. The Morgan fingerprint density at radius 3 is 3.04 bits per heavy atom. The van der Waals surface area contributed by atoms with Crippen LogP contribution < -0.4 is 0 Å². The van der Waals surface area contributed by atoms with Gasteiger partial charge in [-0.25, -0.2) is 4.98 Å². The summed E-state index contributed by atoms with van der Waals surface area (Å²) in [5.41, 5.74) is 0.702. The second-order valence-electron chi connectivity index (χ2n) is 6.88. The van der Waals surface area contributed by atoms with Gasteiger partial charge in [0.1, 0.15) is 23.7 Å². The third-order valence-electron chi connectivity index (χ3n) is 5.20. The van der Waals surface area contributed by atoms with E-state index in [1.807, 2.05) is 25.5 Å². The Bertz CT molecular complexity index is 882. The fourth-order valence-electron chi connectivity index (χ4n) is 3.80. The minimum absolute atomic E-state index is 0.185. The van der Waals surface area contributed by atoms with Crippen LogP contribution in [-0.2, 0) is 31.5 Å². The molecule has 9 heteroatoms. The number of aromatic nitrogens is 7. The Morgan fingerprint density at radius 1 is 1.28 bits per heavy atom. The summed E-state index contributed by atoms with van der Waals surface area (Å²) in [5.74, 6) is 2.78. The highest BCUT2D eigenvalue weighted by atomic mass is 16.5. The molecule has 0 aliphatic carbocycles. The number of aromatic amines is 1. The molecule has 9 nitrogen and oxygen atoms in total. The van der Waals surface area contributed by atoms with E-state index < -0.39 is 0 Å². The van der Waals surface area contributed by atoms with Crippen LogP contribution >= 0.6 is 0 Å². The molecule has 0 saturated carbocycles. The number of hydrogen-bond donors (Lipinski definition) is 1. The van der Waals surface area contributed by atoms with E-state index in [9.17, 15) is 0 Å². The number of rotatable bonds is 3. The van der Waals surface area contributed by atoms with E-state index in [-0.39, 0.29) is 5.60 Å². The lowest BCUT2D eigenvalue weighted by molar-refractivity contribution is -0.0822. The summed E-state index contributed by atoms with van der Waals surface area (Å²) < 4.78 is 10.5. The molecule has 1 saturated heterocycles. The normalized spacial score (nSPS) is 23.4. The predicted octanol–water partition coefficient (Wildman–Crippen LogP) is 0.577. The highest BCUT2D eigenvalue weighted by Gasteiger charge is 2.43. The van der Waals surface area contributed by atoms with Crippen molar-refractivity contribution < 1.29 is 4.74 Å². The van der Waals surface area contributed by atoms with Crippen molar-refractivity contribution in [1.82, 2.24) is 39.4 Å². The molecule has 0 aromatic carbocycles. The number of aryl methyl sites for hydroxylation is 1. The number of fused-ring (bicyclic) bond motifs is 1. The molecule has 3 aromatic heterocycles. The van der Waals surface area contributed by atoms with Crippen molar-refractivity contribution in [1.29, 1.82) is 0 Å². The summed E-state index contributed by atoms with van der Waals surface area (Å²) >= 11 is 0. The van der Waals surface area contributed by atoms with Gasteiger partial charge in [-0.15, -0.1) is 10.2 Å². The third-order valence-corrected chi connectivity index (χ3v) is 5.20. The van der Waals surface area contributed by atoms with Gasteiger partial charge in [-0.2, -0.15) is 5.10 Å². The van der Waals surface area contributed by atoms with Gasteiger partial charge >= 0.3 is 0 Å². The van der Waals surface area contributed by atoms with E-state index in [0.717, 1.165) is 55.8 Å². The summed E-state index contributed by atoms with van der Waals surface area (Å²) in [6.07, 6.45) is 6.56. The minimum Gasteiger partial charge on any atom is -0.364 e. The fraction of sp³-hybridized carbons (Fsp3) is 0.500. The van der Waals surface area contributed by atoms with Crippen molar-refractivity contribution >= 4 is 0 Å². The summed E-state index contributed by atoms with van der Waals surface area (Å²) in [6, 6.07) is 1.92. The van der Waals surface area contributed by atoms with Gasteiger partial charge in [0.2, 0.25) is 0 Å². The largest absolute Gasteiger partial charge is 0.364 e. The molecule has 130 valence electrons. The van der Waals surface area contributed by atoms with Crippen LogP contribution in [0.2, 0.25) is 0 Å². The topological polar surface area (TPSA) is 89.7 Å². The maximum atomic E-state index is 6.25. The van der Waals surface area contributed by atoms with E-state index in [2.05, 4.69) is 39.4 Å². The number of nitrogens with one attached hydrogen (secondary N) is 1. The van der Waals surface area contributed by atoms with E-state index in [0.29, 0.717) is 6.61 Å². The van der Waals surface area contributed by atoms with Crippen molar-refractivity contribution in [3.8, 4) is 11.5 Å². The molecule has 1 atom stereocenters. The van der Waals surface area contributed by atoms with Crippen molar-refractivity contribution in [2.75, 3.05) is 13.1 Å². The molecule has 0 bridgehead atoms. The molecule has 5 heterocycles. The number of H-pyrrole nitrogens is 1. The molecular weight excluding hydrogens is 320 g/mol. The quantitative estimate of drug-likeness (QED) is 0.750. The second kappa shape index (κ2) is 5.50. The van der Waals surface area contributed by atoms with Gasteiger partial charge in [-0.3, -0.25) is 10.00 Å². The molecule has 1 spiro atoms. The second-order valence-corrected chi connectivity index (χ2v) is 6.88. The van der Waals surface area contributed by atoms with Crippen LogP contribution in [0.3, 0.4) is 0 Å². The van der Waals surface area contributed by atoms with Gasteiger partial charge in [0, 0.05) is 38.7 Å². The lowest BCUT2D eigenvalue weighted by Gasteiger charge is -2.34. The van der Waals surface area contributed by atoms with Crippen LogP contribution in [0.25, 0.3) is 11.5 Å². The first-order valence-electron chi connectivity index (χ1n) is 8.47. The van der Waals surface area contributed by atoms with Gasteiger partial charge in [-0.1, -0.05) is 0 Å². The van der Waals surface area contributed by atoms with Crippen molar-refractivity contribution in [3.63, 3.8) is 0 Å². The summed E-state index contributed by atoms with van der Waals surface area (Å²) in [5, 5.41) is 15.6.